The number of nitro groups is 1. The molecule has 1 heterocycles. The number of halogens is 1. The van der Waals surface area contributed by atoms with Crippen LogP contribution < -0.4 is 11.2 Å². The van der Waals surface area contributed by atoms with Gasteiger partial charge in [-0.2, -0.15) is 0 Å². The Morgan fingerprint density at radius 3 is 2.83 bits per heavy atom. The number of carbonyl (C=O) groups excluding carboxylic acids is 2. The number of amides is 2. The van der Waals surface area contributed by atoms with Crippen LogP contribution in [0, 0.1) is 10.1 Å². The molecule has 0 unspecified atom stereocenters. The number of hydroxylamine groups is 1. The fourth-order valence-electron chi connectivity index (χ4n) is 0.924. The summed E-state index contributed by atoms with van der Waals surface area (Å²) >= 11 is 5.60. The van der Waals surface area contributed by atoms with E-state index in [-0.39, 0.29) is 10.7 Å². The zero-order valence-corrected chi connectivity index (χ0v) is 9.51. The SMILES string of the molecule is NC(=O)CONC(=O)c1cc([N+](=O)[O-])cnc1Cl. The van der Waals surface area contributed by atoms with Crippen molar-refractivity contribution in [3.05, 3.63) is 33.1 Å². The van der Waals surface area contributed by atoms with Gasteiger partial charge >= 0.3 is 0 Å². The number of primary amides is 1. The van der Waals surface area contributed by atoms with Gasteiger partial charge in [0.05, 0.1) is 10.5 Å². The minimum Gasteiger partial charge on any atom is -0.368 e. The third-order valence-corrected chi connectivity index (χ3v) is 1.96. The van der Waals surface area contributed by atoms with Crippen LogP contribution in [0.2, 0.25) is 5.15 Å². The molecule has 10 heteroatoms. The fourth-order valence-corrected chi connectivity index (χ4v) is 1.11. The van der Waals surface area contributed by atoms with E-state index in [1.807, 2.05) is 5.48 Å². The van der Waals surface area contributed by atoms with Gasteiger partial charge in [-0.25, -0.2) is 10.5 Å². The molecule has 1 rings (SSSR count). The number of nitrogens with two attached hydrogens (primary N) is 1. The molecule has 0 bridgehead atoms. The number of pyridine rings is 1. The molecular formula is C8H7ClN4O5. The molecule has 9 nitrogen and oxygen atoms in total. The minimum absolute atomic E-state index is 0.235. The van der Waals surface area contributed by atoms with Crippen molar-refractivity contribution in [3.63, 3.8) is 0 Å². The maximum Gasteiger partial charge on any atom is 0.288 e. The zero-order chi connectivity index (χ0) is 13.7. The van der Waals surface area contributed by atoms with Crippen molar-refractivity contribution in [1.29, 1.82) is 0 Å². The van der Waals surface area contributed by atoms with Gasteiger partial charge in [-0.3, -0.25) is 24.5 Å². The molecule has 2 amide bonds. The van der Waals surface area contributed by atoms with Crippen LogP contribution in [0.4, 0.5) is 5.69 Å². The molecule has 1 aromatic heterocycles. The summed E-state index contributed by atoms with van der Waals surface area (Å²) in [6.45, 7) is -0.536. The average molecular weight is 275 g/mol. The Hall–Kier alpha value is -2.26. The number of hydrogen-bond donors (Lipinski definition) is 2. The normalized spacial score (nSPS) is 9.83. The summed E-state index contributed by atoms with van der Waals surface area (Å²) in [4.78, 5) is 39.5. The highest BCUT2D eigenvalue weighted by Gasteiger charge is 2.17. The van der Waals surface area contributed by atoms with Gasteiger partial charge in [0, 0.05) is 6.07 Å². The topological polar surface area (TPSA) is 137 Å². The summed E-state index contributed by atoms with van der Waals surface area (Å²) in [5, 5.41) is 10.3. The molecule has 0 aromatic carbocycles. The van der Waals surface area contributed by atoms with Gasteiger partial charge < -0.3 is 5.73 Å². The Morgan fingerprint density at radius 2 is 2.28 bits per heavy atom. The monoisotopic (exact) mass is 274 g/mol. The Bertz CT molecular complexity index is 506. The summed E-state index contributed by atoms with van der Waals surface area (Å²) in [5.41, 5.74) is 5.96. The third-order valence-electron chi connectivity index (χ3n) is 1.66. The highest BCUT2D eigenvalue weighted by Crippen LogP contribution is 2.18. The van der Waals surface area contributed by atoms with Gasteiger partial charge in [-0.15, -0.1) is 0 Å². The molecule has 1 aromatic rings. The number of carbonyl (C=O) groups is 2. The summed E-state index contributed by atoms with van der Waals surface area (Å²) in [6.07, 6.45) is 0.906. The van der Waals surface area contributed by atoms with E-state index in [4.69, 9.17) is 17.3 Å². The molecule has 96 valence electrons. The second-order valence-electron chi connectivity index (χ2n) is 2.98. The number of rotatable bonds is 5. The van der Waals surface area contributed by atoms with Crippen LogP contribution in [0.15, 0.2) is 12.3 Å². The maximum atomic E-state index is 11.5. The molecular weight excluding hydrogens is 268 g/mol. The quantitative estimate of drug-likeness (QED) is 0.433. The Morgan fingerprint density at radius 1 is 1.61 bits per heavy atom. The minimum atomic E-state index is -0.877. The first kappa shape index (κ1) is 13.8. The van der Waals surface area contributed by atoms with Crippen LogP contribution >= 0.6 is 11.6 Å². The van der Waals surface area contributed by atoms with E-state index >= 15 is 0 Å². The molecule has 0 fully saturated rings. The lowest BCUT2D eigenvalue weighted by molar-refractivity contribution is -0.385. The van der Waals surface area contributed by atoms with E-state index in [2.05, 4.69) is 9.82 Å². The van der Waals surface area contributed by atoms with Crippen molar-refractivity contribution >= 4 is 29.1 Å². The molecule has 0 aliphatic carbocycles. The molecule has 0 aliphatic heterocycles. The third kappa shape index (κ3) is 3.64. The van der Waals surface area contributed by atoms with Crippen LogP contribution in [-0.4, -0.2) is 28.3 Å². The molecule has 0 spiro atoms. The van der Waals surface area contributed by atoms with Crippen LogP contribution in [0.1, 0.15) is 10.4 Å². The van der Waals surface area contributed by atoms with E-state index in [9.17, 15) is 19.7 Å². The van der Waals surface area contributed by atoms with Gasteiger partial charge in [-0.05, 0) is 0 Å². The number of aromatic nitrogens is 1. The molecule has 0 aliphatic rings. The van der Waals surface area contributed by atoms with E-state index in [1.54, 1.807) is 0 Å². The Labute approximate surface area is 105 Å². The van der Waals surface area contributed by atoms with Crippen molar-refractivity contribution < 1.29 is 19.3 Å². The largest absolute Gasteiger partial charge is 0.368 e. The van der Waals surface area contributed by atoms with Crippen molar-refractivity contribution in [2.24, 2.45) is 5.73 Å². The van der Waals surface area contributed by atoms with Gasteiger partial charge in [0.25, 0.3) is 11.6 Å². The second-order valence-corrected chi connectivity index (χ2v) is 3.33. The first-order valence-corrected chi connectivity index (χ1v) is 4.80. The van der Waals surface area contributed by atoms with E-state index in [0.29, 0.717) is 0 Å². The van der Waals surface area contributed by atoms with E-state index in [0.717, 1.165) is 12.3 Å². The zero-order valence-electron chi connectivity index (χ0n) is 8.75. The van der Waals surface area contributed by atoms with Gasteiger partial charge in [0.2, 0.25) is 5.91 Å². The lowest BCUT2D eigenvalue weighted by Gasteiger charge is -2.04. The summed E-state index contributed by atoms with van der Waals surface area (Å²) in [6, 6.07) is 0.929. The first-order valence-electron chi connectivity index (χ1n) is 4.42. The predicted molar refractivity (Wildman–Crippen MR) is 58.5 cm³/mol. The van der Waals surface area contributed by atoms with Crippen LogP contribution in [-0.2, 0) is 9.63 Å². The van der Waals surface area contributed by atoms with Crippen molar-refractivity contribution in [1.82, 2.24) is 10.5 Å². The molecule has 3 N–H and O–H groups in total. The first-order chi connectivity index (χ1) is 8.41. The maximum absolute atomic E-state index is 11.5. The van der Waals surface area contributed by atoms with Gasteiger partial charge in [0.1, 0.15) is 11.3 Å². The molecule has 0 radical (unpaired) electrons. The van der Waals surface area contributed by atoms with E-state index < -0.39 is 29.0 Å². The second kappa shape index (κ2) is 5.89. The number of nitrogens with one attached hydrogen (secondary N) is 1. The fraction of sp³-hybridized carbons (Fsp3) is 0.125. The average Bonchev–Trinajstić information content (AvgIpc) is 2.28. The standard InChI is InChI=1S/C8H7ClN4O5/c9-7-5(1-4(2-11-7)13(16)17)8(15)12-18-3-6(10)14/h1-2H,3H2,(H2,10,14)(H,12,15). The number of hydrogen-bond acceptors (Lipinski definition) is 6. The lowest BCUT2D eigenvalue weighted by Crippen LogP contribution is -2.29. The Kier molecular flexibility index (Phi) is 4.52. The molecule has 18 heavy (non-hydrogen) atoms. The highest BCUT2D eigenvalue weighted by molar-refractivity contribution is 6.32. The van der Waals surface area contributed by atoms with Gasteiger partial charge in [0.15, 0.2) is 6.61 Å². The summed E-state index contributed by atoms with van der Waals surface area (Å²) in [7, 11) is 0. The molecule has 0 saturated carbocycles. The van der Waals surface area contributed by atoms with E-state index in [1.165, 1.54) is 0 Å². The highest BCUT2D eigenvalue weighted by atomic mass is 35.5. The van der Waals surface area contributed by atoms with Crippen molar-refractivity contribution in [2.75, 3.05) is 6.61 Å². The smallest absolute Gasteiger partial charge is 0.288 e. The predicted octanol–water partition coefficient (Wildman–Crippen LogP) is -0.210. The molecule has 0 atom stereocenters. The van der Waals surface area contributed by atoms with Crippen molar-refractivity contribution in [2.45, 2.75) is 0 Å². The van der Waals surface area contributed by atoms with Crippen LogP contribution in [0.3, 0.4) is 0 Å². The van der Waals surface area contributed by atoms with Crippen molar-refractivity contribution in [3.8, 4) is 0 Å². The Balaban J connectivity index is 2.81. The molecule has 0 saturated heterocycles. The number of nitrogens with zero attached hydrogens (tertiary/aromatic N) is 2. The van der Waals surface area contributed by atoms with Crippen LogP contribution in [0.25, 0.3) is 0 Å². The van der Waals surface area contributed by atoms with Crippen LogP contribution in [0.5, 0.6) is 0 Å². The summed E-state index contributed by atoms with van der Waals surface area (Å²) < 4.78 is 0. The summed E-state index contributed by atoms with van der Waals surface area (Å²) in [5.74, 6) is -1.67. The lowest BCUT2D eigenvalue weighted by atomic mass is 10.2. The van der Waals surface area contributed by atoms with Gasteiger partial charge in [-0.1, -0.05) is 11.6 Å².